The Morgan fingerprint density at radius 1 is 1.82 bits per heavy atom. The Balaban J connectivity index is 1.98. The topological polar surface area (TPSA) is 79.5 Å². The number of likely N-dealkylation sites (N-methyl/N-ethyl adjacent to an activating group) is 1. The molecule has 5 nitrogen and oxygen atoms in total. The molecule has 0 aliphatic carbocycles. The molecule has 94 valence electrons. The van der Waals surface area contributed by atoms with Gasteiger partial charge in [-0.2, -0.15) is 0 Å². The van der Waals surface area contributed by atoms with E-state index in [9.17, 15) is 4.79 Å². The molecule has 0 spiro atoms. The van der Waals surface area contributed by atoms with E-state index < -0.39 is 12.0 Å². The van der Waals surface area contributed by atoms with Gasteiger partial charge in [0.05, 0.1) is 10.7 Å². The highest BCUT2D eigenvalue weighted by Gasteiger charge is 2.24. The van der Waals surface area contributed by atoms with Gasteiger partial charge in [-0.1, -0.05) is 0 Å². The van der Waals surface area contributed by atoms with Crippen LogP contribution in [0, 0.1) is 0 Å². The molecule has 0 amide bonds. The summed E-state index contributed by atoms with van der Waals surface area (Å²) < 4.78 is 0. The average Bonchev–Trinajstić information content (AvgIpc) is 2.86. The molecule has 0 bridgehead atoms. The number of rotatable bonds is 4. The minimum atomic E-state index is -0.970. The number of aliphatic carboxylic acids is 1. The van der Waals surface area contributed by atoms with Crippen LogP contribution < -0.4 is 5.73 Å². The maximum Gasteiger partial charge on any atom is 0.320 e. The summed E-state index contributed by atoms with van der Waals surface area (Å²) in [5, 5.41) is 11.6. The minimum Gasteiger partial charge on any atom is -0.480 e. The van der Waals surface area contributed by atoms with E-state index in [4.69, 9.17) is 10.8 Å². The van der Waals surface area contributed by atoms with Crippen LogP contribution >= 0.6 is 11.3 Å². The van der Waals surface area contributed by atoms with E-state index in [0.29, 0.717) is 12.3 Å². The molecule has 0 radical (unpaired) electrons. The summed E-state index contributed by atoms with van der Waals surface area (Å²) in [5.74, 6) is -0.478. The van der Waals surface area contributed by atoms with Gasteiger partial charge >= 0.3 is 5.97 Å². The van der Waals surface area contributed by atoms with Gasteiger partial charge in [0, 0.05) is 24.3 Å². The zero-order valence-corrected chi connectivity index (χ0v) is 10.6. The van der Waals surface area contributed by atoms with Crippen LogP contribution in [0.25, 0.3) is 0 Å². The predicted molar refractivity (Wildman–Crippen MR) is 66.3 cm³/mol. The molecule has 1 fully saturated rings. The Kier molecular flexibility index (Phi) is 3.76. The Labute approximate surface area is 104 Å². The second-order valence-electron chi connectivity index (χ2n) is 4.56. The molecular formula is C11H17N3O2S. The molecule has 2 rings (SSSR count). The number of carboxylic acids is 1. The van der Waals surface area contributed by atoms with Gasteiger partial charge < -0.3 is 15.7 Å². The molecule has 3 N–H and O–H groups in total. The molecule has 0 aromatic carbocycles. The summed E-state index contributed by atoms with van der Waals surface area (Å²) in [7, 11) is 2.10. The zero-order valence-electron chi connectivity index (χ0n) is 9.80. The zero-order chi connectivity index (χ0) is 12.4. The highest BCUT2D eigenvalue weighted by Crippen LogP contribution is 2.27. The van der Waals surface area contributed by atoms with E-state index in [0.717, 1.165) is 30.2 Å². The van der Waals surface area contributed by atoms with E-state index >= 15 is 0 Å². The van der Waals surface area contributed by atoms with Crippen molar-refractivity contribution in [2.45, 2.75) is 24.8 Å². The van der Waals surface area contributed by atoms with E-state index in [2.05, 4.69) is 16.9 Å². The smallest absolute Gasteiger partial charge is 0.320 e. The first-order valence-corrected chi connectivity index (χ1v) is 6.55. The summed E-state index contributed by atoms with van der Waals surface area (Å²) in [6.07, 6.45) is 1.45. The Morgan fingerprint density at radius 2 is 2.59 bits per heavy atom. The molecule has 1 saturated heterocycles. The van der Waals surface area contributed by atoms with Crippen LogP contribution in [-0.4, -0.2) is 47.1 Å². The Bertz CT molecular complexity index is 407. The van der Waals surface area contributed by atoms with Crippen molar-refractivity contribution < 1.29 is 9.90 Å². The van der Waals surface area contributed by atoms with Crippen molar-refractivity contribution in [3.8, 4) is 0 Å². The standard InChI is InChI=1S/C11H17N3O2S/c1-14-3-2-7(5-14)9-6-17-10(13-9)4-8(12)11(15)16/h6-8H,2-5,12H2,1H3,(H,15,16). The summed E-state index contributed by atoms with van der Waals surface area (Å²) in [6.45, 7) is 2.14. The first-order chi connectivity index (χ1) is 8.06. The summed E-state index contributed by atoms with van der Waals surface area (Å²) in [4.78, 5) is 17.4. The highest BCUT2D eigenvalue weighted by atomic mass is 32.1. The maximum absolute atomic E-state index is 10.7. The first-order valence-electron chi connectivity index (χ1n) is 5.67. The van der Waals surface area contributed by atoms with Crippen LogP contribution in [0.2, 0.25) is 0 Å². The fourth-order valence-corrected chi connectivity index (χ4v) is 2.99. The second kappa shape index (κ2) is 5.12. The molecule has 0 saturated carbocycles. The van der Waals surface area contributed by atoms with Gasteiger partial charge in [-0.3, -0.25) is 4.79 Å². The number of carbonyl (C=O) groups is 1. The van der Waals surface area contributed by atoms with Crippen molar-refractivity contribution in [3.05, 3.63) is 16.1 Å². The number of likely N-dealkylation sites (tertiary alicyclic amines) is 1. The largest absolute Gasteiger partial charge is 0.480 e. The van der Waals surface area contributed by atoms with Crippen LogP contribution in [0.1, 0.15) is 23.0 Å². The van der Waals surface area contributed by atoms with Gasteiger partial charge in [-0.25, -0.2) is 4.98 Å². The fraction of sp³-hybridized carbons (Fsp3) is 0.636. The number of nitrogens with two attached hydrogens (primary N) is 1. The maximum atomic E-state index is 10.7. The molecule has 2 heterocycles. The lowest BCUT2D eigenvalue weighted by molar-refractivity contribution is -0.138. The quantitative estimate of drug-likeness (QED) is 0.820. The third-order valence-electron chi connectivity index (χ3n) is 3.09. The second-order valence-corrected chi connectivity index (χ2v) is 5.51. The fourth-order valence-electron chi connectivity index (χ4n) is 2.06. The highest BCUT2D eigenvalue weighted by molar-refractivity contribution is 7.09. The summed E-state index contributed by atoms with van der Waals surface area (Å²) in [5.41, 5.74) is 6.58. The molecule has 6 heteroatoms. The number of thiazole rings is 1. The predicted octanol–water partition coefficient (Wildman–Crippen LogP) is 0.517. The van der Waals surface area contributed by atoms with Gasteiger partial charge in [0.25, 0.3) is 0 Å². The molecule has 1 aliphatic heterocycles. The molecule has 1 aromatic heterocycles. The lowest BCUT2D eigenvalue weighted by atomic mass is 10.1. The molecule has 2 unspecified atom stereocenters. The van der Waals surface area contributed by atoms with E-state index in [1.54, 1.807) is 0 Å². The van der Waals surface area contributed by atoms with Gasteiger partial charge in [0.1, 0.15) is 6.04 Å². The van der Waals surface area contributed by atoms with Gasteiger partial charge in [-0.15, -0.1) is 11.3 Å². The molecule has 17 heavy (non-hydrogen) atoms. The van der Waals surface area contributed by atoms with E-state index in [1.807, 2.05) is 5.38 Å². The summed E-state index contributed by atoms with van der Waals surface area (Å²) >= 11 is 1.51. The number of aromatic nitrogens is 1. The lowest BCUT2D eigenvalue weighted by Gasteiger charge is -2.07. The van der Waals surface area contributed by atoms with Crippen molar-refractivity contribution in [1.82, 2.24) is 9.88 Å². The Hall–Kier alpha value is -0.980. The van der Waals surface area contributed by atoms with Crippen LogP contribution in [-0.2, 0) is 11.2 Å². The van der Waals surface area contributed by atoms with Crippen LogP contribution in [0.5, 0.6) is 0 Å². The SMILES string of the molecule is CN1CCC(c2csc(CC(N)C(=O)O)n2)C1. The van der Waals surface area contributed by atoms with Gasteiger partial charge in [0.15, 0.2) is 0 Å². The van der Waals surface area contributed by atoms with E-state index in [-0.39, 0.29) is 0 Å². The monoisotopic (exact) mass is 255 g/mol. The third-order valence-corrected chi connectivity index (χ3v) is 3.98. The average molecular weight is 255 g/mol. The third kappa shape index (κ3) is 3.02. The van der Waals surface area contributed by atoms with Crippen LogP contribution in [0.4, 0.5) is 0 Å². The molecule has 1 aliphatic rings. The van der Waals surface area contributed by atoms with Gasteiger partial charge in [-0.05, 0) is 20.0 Å². The van der Waals surface area contributed by atoms with Crippen molar-refractivity contribution in [1.29, 1.82) is 0 Å². The normalized spacial score (nSPS) is 22.8. The summed E-state index contributed by atoms with van der Waals surface area (Å²) in [6, 6.07) is -0.847. The lowest BCUT2D eigenvalue weighted by Crippen LogP contribution is -2.32. The molecule has 2 atom stereocenters. The van der Waals surface area contributed by atoms with Crippen LogP contribution in [0.3, 0.4) is 0 Å². The number of hydrogen-bond donors (Lipinski definition) is 2. The molecular weight excluding hydrogens is 238 g/mol. The Morgan fingerprint density at radius 3 is 3.18 bits per heavy atom. The molecule has 1 aromatic rings. The van der Waals surface area contributed by atoms with E-state index in [1.165, 1.54) is 11.3 Å². The van der Waals surface area contributed by atoms with Gasteiger partial charge in [0.2, 0.25) is 0 Å². The minimum absolute atomic E-state index is 0.322. The van der Waals surface area contributed by atoms with Crippen molar-refractivity contribution in [3.63, 3.8) is 0 Å². The van der Waals surface area contributed by atoms with Crippen molar-refractivity contribution >= 4 is 17.3 Å². The van der Waals surface area contributed by atoms with Crippen molar-refractivity contribution in [2.75, 3.05) is 20.1 Å². The number of hydrogen-bond acceptors (Lipinski definition) is 5. The number of carboxylic acid groups (broad SMARTS) is 1. The van der Waals surface area contributed by atoms with Crippen molar-refractivity contribution in [2.24, 2.45) is 5.73 Å². The number of nitrogens with zero attached hydrogens (tertiary/aromatic N) is 2. The van der Waals surface area contributed by atoms with Crippen LogP contribution in [0.15, 0.2) is 5.38 Å². The first kappa shape index (κ1) is 12.5.